The minimum absolute atomic E-state index is 0.380. The molecule has 0 saturated carbocycles. The Hall–Kier alpha value is -1.31. The van der Waals surface area contributed by atoms with Gasteiger partial charge in [-0.25, -0.2) is 4.79 Å². The highest BCUT2D eigenvalue weighted by Crippen LogP contribution is 1.90. The van der Waals surface area contributed by atoms with Gasteiger partial charge < -0.3 is 4.74 Å². The topological polar surface area (TPSA) is 26.3 Å². The van der Waals surface area contributed by atoms with Gasteiger partial charge in [-0.2, -0.15) is 0 Å². The number of ether oxygens (including phenoxy) is 1. The smallest absolute Gasteiger partial charge is 0.337 e. The van der Waals surface area contributed by atoms with Gasteiger partial charge in [-0.3, -0.25) is 0 Å². The van der Waals surface area contributed by atoms with Crippen molar-refractivity contribution in [1.29, 1.82) is 0 Å². The van der Waals surface area contributed by atoms with Crippen molar-refractivity contribution < 1.29 is 9.53 Å². The van der Waals surface area contributed by atoms with Crippen LogP contribution in [0.1, 0.15) is 6.92 Å². The van der Waals surface area contributed by atoms with Gasteiger partial charge in [-0.05, 0) is 6.92 Å². The molecule has 0 N–H and O–H groups in total. The molecule has 0 fully saturated rings. The normalized spacial score (nSPS) is 6.50. The predicted molar refractivity (Wildman–Crippen MR) is 42.4 cm³/mol. The van der Waals surface area contributed by atoms with Crippen LogP contribution < -0.4 is 0 Å². The first kappa shape index (κ1) is 11.5. The second kappa shape index (κ2) is 7.69. The second-order valence-electron chi connectivity index (χ2n) is 1.35. The second-order valence-corrected chi connectivity index (χ2v) is 1.35. The van der Waals surface area contributed by atoms with Crippen molar-refractivity contribution >= 4 is 5.97 Å². The van der Waals surface area contributed by atoms with Crippen LogP contribution in [-0.2, 0) is 9.53 Å². The van der Waals surface area contributed by atoms with Crippen molar-refractivity contribution in [2.45, 2.75) is 6.92 Å². The van der Waals surface area contributed by atoms with E-state index in [2.05, 4.69) is 31.1 Å². The van der Waals surface area contributed by atoms with Gasteiger partial charge in [0.15, 0.2) is 0 Å². The van der Waals surface area contributed by atoms with Crippen LogP contribution in [0.5, 0.6) is 0 Å². The third-order valence-electron chi connectivity index (χ3n) is 0.539. The van der Waals surface area contributed by atoms with Crippen molar-refractivity contribution in [3.63, 3.8) is 0 Å². The molecule has 0 saturated heterocycles. The summed E-state index contributed by atoms with van der Waals surface area (Å²) in [6.07, 6.45) is 1.08. The summed E-state index contributed by atoms with van der Waals surface area (Å²) < 4.78 is 4.33. The third kappa shape index (κ3) is 6.69. The van der Waals surface area contributed by atoms with Gasteiger partial charge in [-0.1, -0.05) is 13.2 Å². The van der Waals surface area contributed by atoms with Crippen LogP contribution in [0.2, 0.25) is 0 Å². The number of hydrogen-bond donors (Lipinski definition) is 0. The minimum atomic E-state index is -0.431. The van der Waals surface area contributed by atoms with Gasteiger partial charge in [-0.15, -0.1) is 13.2 Å². The van der Waals surface area contributed by atoms with Crippen LogP contribution in [-0.4, -0.2) is 5.97 Å². The standard InChI is InChI=1S/C6H8O2.C2H4/c1-4-8-6(7)5(2)3;1-2/h4H,1-2H2,3H3;1-2H2. The van der Waals surface area contributed by atoms with Crippen LogP contribution in [0, 0.1) is 0 Å². The van der Waals surface area contributed by atoms with Gasteiger partial charge in [0.1, 0.15) is 0 Å². The van der Waals surface area contributed by atoms with Crippen molar-refractivity contribution in [1.82, 2.24) is 0 Å². The minimum Gasteiger partial charge on any atom is -0.432 e. The monoisotopic (exact) mass is 140 g/mol. The number of esters is 1. The summed E-state index contributed by atoms with van der Waals surface area (Å²) in [5.74, 6) is -0.431. The lowest BCUT2D eigenvalue weighted by Gasteiger charge is -1.92. The molecule has 0 aromatic rings. The maximum Gasteiger partial charge on any atom is 0.337 e. The molecule has 0 bridgehead atoms. The Morgan fingerprint density at radius 3 is 2.00 bits per heavy atom. The van der Waals surface area contributed by atoms with Crippen molar-refractivity contribution in [2.75, 3.05) is 0 Å². The predicted octanol–water partition coefficient (Wildman–Crippen LogP) is 2.05. The third-order valence-corrected chi connectivity index (χ3v) is 0.539. The summed E-state index contributed by atoms with van der Waals surface area (Å²) in [5, 5.41) is 0. The van der Waals surface area contributed by atoms with Gasteiger partial charge >= 0.3 is 5.97 Å². The lowest BCUT2D eigenvalue weighted by molar-refractivity contribution is -0.133. The molecule has 10 heavy (non-hydrogen) atoms. The molecule has 56 valence electrons. The Labute approximate surface area is 61.5 Å². The van der Waals surface area contributed by atoms with Gasteiger partial charge in [0, 0.05) is 5.57 Å². The van der Waals surface area contributed by atoms with Gasteiger partial charge in [0.25, 0.3) is 0 Å². The van der Waals surface area contributed by atoms with E-state index in [1.54, 1.807) is 6.92 Å². The molecule has 0 radical (unpaired) electrons. The molecule has 0 spiro atoms. The van der Waals surface area contributed by atoms with Crippen molar-refractivity contribution in [3.8, 4) is 0 Å². The average Bonchev–Trinajstić information content (AvgIpc) is 1.93. The SMILES string of the molecule is C=C.C=COC(=O)C(=C)C. The van der Waals surface area contributed by atoms with Crippen molar-refractivity contribution in [2.24, 2.45) is 0 Å². The Morgan fingerprint density at radius 1 is 1.50 bits per heavy atom. The summed E-state index contributed by atoms with van der Waals surface area (Å²) >= 11 is 0. The molecule has 0 aliphatic carbocycles. The van der Waals surface area contributed by atoms with E-state index >= 15 is 0 Å². The van der Waals surface area contributed by atoms with Crippen molar-refractivity contribution in [3.05, 3.63) is 38.2 Å². The van der Waals surface area contributed by atoms with E-state index in [0.29, 0.717) is 5.57 Å². The number of carbonyl (C=O) groups excluding carboxylic acids is 1. The number of hydrogen-bond acceptors (Lipinski definition) is 2. The molecule has 0 rings (SSSR count). The fraction of sp³-hybridized carbons (Fsp3) is 0.125. The van der Waals surface area contributed by atoms with Gasteiger partial charge in [0.05, 0.1) is 6.26 Å². The number of carbonyl (C=O) groups is 1. The highest BCUT2D eigenvalue weighted by Gasteiger charge is 1.97. The summed E-state index contributed by atoms with van der Waals surface area (Å²) in [6.45, 7) is 14.1. The first-order valence-electron chi connectivity index (χ1n) is 2.66. The first-order chi connectivity index (χ1) is 4.68. The molecule has 0 aliphatic rings. The highest BCUT2D eigenvalue weighted by molar-refractivity contribution is 5.87. The highest BCUT2D eigenvalue weighted by atomic mass is 16.5. The molecule has 2 heteroatoms. The maximum atomic E-state index is 10.3. The molecule has 0 amide bonds. The molecule has 0 unspecified atom stereocenters. The summed E-state index contributed by atoms with van der Waals surface area (Å²) in [6, 6.07) is 0. The van der Waals surface area contributed by atoms with E-state index in [1.807, 2.05) is 0 Å². The Bertz CT molecular complexity index is 136. The summed E-state index contributed by atoms with van der Waals surface area (Å²) in [4.78, 5) is 10.3. The van der Waals surface area contributed by atoms with E-state index < -0.39 is 5.97 Å². The van der Waals surface area contributed by atoms with Crippen LogP contribution in [0.3, 0.4) is 0 Å². The first-order valence-corrected chi connectivity index (χ1v) is 2.66. The molecular formula is C8H12O2. The van der Waals surface area contributed by atoms with E-state index in [-0.39, 0.29) is 0 Å². The maximum absolute atomic E-state index is 10.3. The molecule has 0 heterocycles. The van der Waals surface area contributed by atoms with E-state index in [0.717, 1.165) is 6.26 Å². The largest absolute Gasteiger partial charge is 0.432 e. The Kier molecular flexibility index (Phi) is 8.83. The van der Waals surface area contributed by atoms with Crippen LogP contribution in [0.4, 0.5) is 0 Å². The molecule has 0 aromatic heterocycles. The average molecular weight is 140 g/mol. The molecule has 0 aromatic carbocycles. The fourth-order valence-electron chi connectivity index (χ4n) is 0.176. The zero-order chi connectivity index (χ0) is 8.57. The Morgan fingerprint density at radius 2 is 1.90 bits per heavy atom. The molecule has 2 nitrogen and oxygen atoms in total. The summed E-state index contributed by atoms with van der Waals surface area (Å²) in [7, 11) is 0. The lowest BCUT2D eigenvalue weighted by atomic mass is 10.4. The Balaban J connectivity index is 0. The summed E-state index contributed by atoms with van der Waals surface area (Å²) in [5.41, 5.74) is 0.380. The molecular weight excluding hydrogens is 128 g/mol. The van der Waals surface area contributed by atoms with E-state index in [9.17, 15) is 4.79 Å². The van der Waals surface area contributed by atoms with Crippen LogP contribution in [0.15, 0.2) is 38.2 Å². The van der Waals surface area contributed by atoms with E-state index in [1.165, 1.54) is 0 Å². The fourth-order valence-corrected chi connectivity index (χ4v) is 0.176. The van der Waals surface area contributed by atoms with E-state index in [4.69, 9.17) is 0 Å². The zero-order valence-electron chi connectivity index (χ0n) is 6.22. The number of rotatable bonds is 2. The van der Waals surface area contributed by atoms with Crippen LogP contribution in [0.25, 0.3) is 0 Å². The van der Waals surface area contributed by atoms with Gasteiger partial charge in [0.2, 0.25) is 0 Å². The quantitative estimate of drug-likeness (QED) is 0.254. The molecule has 0 atom stereocenters. The molecule has 0 aliphatic heterocycles. The van der Waals surface area contributed by atoms with Crippen LogP contribution >= 0.6 is 0 Å². The lowest BCUT2D eigenvalue weighted by Crippen LogP contribution is -1.98. The zero-order valence-corrected chi connectivity index (χ0v) is 6.22.